The molecule has 0 saturated heterocycles. The third-order valence-electron chi connectivity index (χ3n) is 3.24. The van der Waals surface area contributed by atoms with Gasteiger partial charge >= 0.3 is 0 Å². The van der Waals surface area contributed by atoms with Gasteiger partial charge in [-0.15, -0.1) is 0 Å². The van der Waals surface area contributed by atoms with Crippen molar-refractivity contribution in [3.63, 3.8) is 0 Å². The van der Waals surface area contributed by atoms with Gasteiger partial charge in [-0.3, -0.25) is 4.79 Å². The second-order valence-electron chi connectivity index (χ2n) is 6.03. The summed E-state index contributed by atoms with van der Waals surface area (Å²) >= 11 is 0. The summed E-state index contributed by atoms with van der Waals surface area (Å²) in [7, 11) is 0. The molecule has 0 N–H and O–H groups in total. The standard InChI is InChI=1S/C20H24O3/c1-14(2)22-18-12-8-11-17(13-18)20(23-15(3)4)19(21)16-9-6-5-7-10-16/h5-15,20H,1-4H3. The Morgan fingerprint density at radius 3 is 2.17 bits per heavy atom. The number of rotatable bonds is 7. The molecule has 0 saturated carbocycles. The molecular formula is C20H24O3. The monoisotopic (exact) mass is 312 g/mol. The zero-order valence-corrected chi connectivity index (χ0v) is 14.2. The van der Waals surface area contributed by atoms with E-state index in [-0.39, 0.29) is 18.0 Å². The van der Waals surface area contributed by atoms with Gasteiger partial charge in [-0.05, 0) is 45.4 Å². The average Bonchev–Trinajstić information content (AvgIpc) is 2.52. The van der Waals surface area contributed by atoms with Gasteiger partial charge in [0.05, 0.1) is 12.2 Å². The van der Waals surface area contributed by atoms with E-state index in [4.69, 9.17) is 9.47 Å². The fourth-order valence-corrected chi connectivity index (χ4v) is 2.34. The van der Waals surface area contributed by atoms with Crippen molar-refractivity contribution < 1.29 is 14.3 Å². The molecule has 3 heteroatoms. The zero-order valence-electron chi connectivity index (χ0n) is 14.2. The van der Waals surface area contributed by atoms with Crippen molar-refractivity contribution in [2.75, 3.05) is 0 Å². The molecule has 1 atom stereocenters. The fourth-order valence-electron chi connectivity index (χ4n) is 2.34. The number of hydrogen-bond acceptors (Lipinski definition) is 3. The Hall–Kier alpha value is -2.13. The minimum Gasteiger partial charge on any atom is -0.491 e. The van der Waals surface area contributed by atoms with Crippen LogP contribution < -0.4 is 4.74 Å². The van der Waals surface area contributed by atoms with E-state index in [0.29, 0.717) is 5.56 Å². The number of ketones is 1. The molecule has 0 aromatic heterocycles. The van der Waals surface area contributed by atoms with Gasteiger partial charge in [-0.1, -0.05) is 42.5 Å². The van der Waals surface area contributed by atoms with Crippen molar-refractivity contribution in [2.45, 2.75) is 46.0 Å². The fraction of sp³-hybridized carbons (Fsp3) is 0.350. The van der Waals surface area contributed by atoms with Crippen molar-refractivity contribution >= 4 is 5.78 Å². The van der Waals surface area contributed by atoms with Gasteiger partial charge in [-0.25, -0.2) is 0 Å². The maximum Gasteiger partial charge on any atom is 0.196 e. The summed E-state index contributed by atoms with van der Waals surface area (Å²) in [5.74, 6) is 0.705. The molecule has 1 unspecified atom stereocenters. The third kappa shape index (κ3) is 4.93. The number of hydrogen-bond donors (Lipinski definition) is 0. The molecule has 0 fully saturated rings. The average molecular weight is 312 g/mol. The number of Topliss-reactive ketones (excluding diaryl/α,β-unsaturated/α-hetero) is 1. The van der Waals surface area contributed by atoms with Crippen LogP contribution in [0.3, 0.4) is 0 Å². The first kappa shape index (κ1) is 17.2. The topological polar surface area (TPSA) is 35.5 Å². The summed E-state index contributed by atoms with van der Waals surface area (Å²) < 4.78 is 11.6. The molecular weight excluding hydrogens is 288 g/mol. The molecule has 2 rings (SSSR count). The van der Waals surface area contributed by atoms with Crippen LogP contribution in [0.25, 0.3) is 0 Å². The van der Waals surface area contributed by atoms with E-state index in [0.717, 1.165) is 11.3 Å². The quantitative estimate of drug-likeness (QED) is 0.687. The van der Waals surface area contributed by atoms with Crippen LogP contribution in [0.1, 0.15) is 49.7 Å². The number of ether oxygens (including phenoxy) is 2. The summed E-state index contributed by atoms with van der Waals surface area (Å²) in [6.45, 7) is 7.81. The Morgan fingerprint density at radius 1 is 0.870 bits per heavy atom. The minimum absolute atomic E-state index is 0.0407. The lowest BCUT2D eigenvalue weighted by Gasteiger charge is -2.21. The molecule has 122 valence electrons. The highest BCUT2D eigenvalue weighted by molar-refractivity contribution is 6.00. The predicted octanol–water partition coefficient (Wildman–Crippen LogP) is 4.82. The lowest BCUT2D eigenvalue weighted by molar-refractivity contribution is 0.0113. The minimum atomic E-state index is -0.631. The van der Waals surface area contributed by atoms with Crippen LogP contribution in [-0.4, -0.2) is 18.0 Å². The van der Waals surface area contributed by atoms with Gasteiger partial charge in [0, 0.05) is 5.56 Å². The first-order valence-corrected chi connectivity index (χ1v) is 7.98. The lowest BCUT2D eigenvalue weighted by Crippen LogP contribution is -2.20. The van der Waals surface area contributed by atoms with Gasteiger partial charge in [-0.2, -0.15) is 0 Å². The van der Waals surface area contributed by atoms with Crippen LogP contribution in [0.2, 0.25) is 0 Å². The molecule has 2 aromatic carbocycles. The molecule has 0 bridgehead atoms. The Labute approximate surface area is 138 Å². The lowest BCUT2D eigenvalue weighted by atomic mass is 9.99. The van der Waals surface area contributed by atoms with Gasteiger partial charge in [0.25, 0.3) is 0 Å². The van der Waals surface area contributed by atoms with Crippen LogP contribution in [0, 0.1) is 0 Å². The molecule has 23 heavy (non-hydrogen) atoms. The Bertz CT molecular complexity index is 632. The van der Waals surface area contributed by atoms with Crippen molar-refractivity contribution in [1.82, 2.24) is 0 Å². The van der Waals surface area contributed by atoms with Crippen LogP contribution in [-0.2, 0) is 4.74 Å². The normalized spacial score (nSPS) is 12.4. The predicted molar refractivity (Wildman–Crippen MR) is 91.9 cm³/mol. The Morgan fingerprint density at radius 2 is 1.57 bits per heavy atom. The van der Waals surface area contributed by atoms with E-state index in [1.165, 1.54) is 0 Å². The van der Waals surface area contributed by atoms with Crippen molar-refractivity contribution in [3.05, 3.63) is 65.7 Å². The highest BCUT2D eigenvalue weighted by Crippen LogP contribution is 2.27. The first-order valence-electron chi connectivity index (χ1n) is 7.98. The molecule has 2 aromatic rings. The molecule has 0 aliphatic heterocycles. The molecule has 0 heterocycles. The maximum atomic E-state index is 12.8. The van der Waals surface area contributed by atoms with E-state index >= 15 is 0 Å². The Balaban J connectivity index is 2.33. The first-order chi connectivity index (χ1) is 11.0. The molecule has 0 radical (unpaired) electrons. The summed E-state index contributed by atoms with van der Waals surface area (Å²) in [5, 5.41) is 0. The van der Waals surface area contributed by atoms with Crippen molar-refractivity contribution in [2.24, 2.45) is 0 Å². The third-order valence-corrected chi connectivity index (χ3v) is 3.24. The molecule has 0 amide bonds. The summed E-state index contributed by atoms with van der Waals surface area (Å²) in [6, 6.07) is 16.8. The summed E-state index contributed by atoms with van der Waals surface area (Å²) in [6.07, 6.45) is -0.602. The van der Waals surface area contributed by atoms with E-state index < -0.39 is 6.10 Å². The van der Waals surface area contributed by atoms with E-state index in [2.05, 4.69) is 0 Å². The summed E-state index contributed by atoms with van der Waals surface area (Å²) in [5.41, 5.74) is 1.46. The maximum absolute atomic E-state index is 12.8. The SMILES string of the molecule is CC(C)Oc1cccc(C(OC(C)C)C(=O)c2ccccc2)c1. The highest BCUT2D eigenvalue weighted by Gasteiger charge is 2.24. The zero-order chi connectivity index (χ0) is 16.8. The van der Waals surface area contributed by atoms with E-state index in [1.54, 1.807) is 0 Å². The number of carbonyl (C=O) groups is 1. The van der Waals surface area contributed by atoms with Gasteiger partial charge < -0.3 is 9.47 Å². The molecule has 0 spiro atoms. The summed E-state index contributed by atoms with van der Waals surface area (Å²) in [4.78, 5) is 12.8. The van der Waals surface area contributed by atoms with Crippen LogP contribution in [0.15, 0.2) is 54.6 Å². The number of benzene rings is 2. The second kappa shape index (κ2) is 7.93. The Kier molecular flexibility index (Phi) is 5.94. The number of carbonyl (C=O) groups excluding carboxylic acids is 1. The van der Waals surface area contributed by atoms with Gasteiger partial charge in [0.15, 0.2) is 5.78 Å². The smallest absolute Gasteiger partial charge is 0.196 e. The van der Waals surface area contributed by atoms with Crippen molar-refractivity contribution in [1.29, 1.82) is 0 Å². The largest absolute Gasteiger partial charge is 0.491 e. The highest BCUT2D eigenvalue weighted by atomic mass is 16.5. The van der Waals surface area contributed by atoms with E-state index in [1.807, 2.05) is 82.3 Å². The molecule has 0 aliphatic carbocycles. The van der Waals surface area contributed by atoms with Crippen LogP contribution >= 0.6 is 0 Å². The van der Waals surface area contributed by atoms with Crippen LogP contribution in [0.4, 0.5) is 0 Å². The molecule has 0 aliphatic rings. The second-order valence-corrected chi connectivity index (χ2v) is 6.03. The van der Waals surface area contributed by atoms with Crippen LogP contribution in [0.5, 0.6) is 5.75 Å². The van der Waals surface area contributed by atoms with Gasteiger partial charge in [0.1, 0.15) is 11.9 Å². The van der Waals surface area contributed by atoms with Crippen molar-refractivity contribution in [3.8, 4) is 5.75 Å². The van der Waals surface area contributed by atoms with E-state index in [9.17, 15) is 4.79 Å². The molecule has 3 nitrogen and oxygen atoms in total. The van der Waals surface area contributed by atoms with Gasteiger partial charge in [0.2, 0.25) is 0 Å².